The van der Waals surface area contributed by atoms with Crippen molar-refractivity contribution in [1.82, 2.24) is 4.98 Å². The maximum Gasteiger partial charge on any atom is 0.522 e. The molecule has 0 amide bonds. The van der Waals surface area contributed by atoms with Crippen molar-refractivity contribution in [2.75, 3.05) is 14.2 Å². The number of alkyl halides is 3. The quantitative estimate of drug-likeness (QED) is 0.281. The Hall–Kier alpha value is -3.50. The van der Waals surface area contributed by atoms with Crippen molar-refractivity contribution < 1.29 is 35.6 Å². The molecule has 1 heterocycles. The molecular weight excluding hydrogens is 459 g/mol. The molecular formula is C23H20F3NO5S. The third kappa shape index (κ3) is 5.47. The van der Waals surface area contributed by atoms with E-state index in [1.54, 1.807) is 14.2 Å². The van der Waals surface area contributed by atoms with Gasteiger partial charge in [-0.3, -0.25) is 4.55 Å². The predicted octanol–water partition coefficient (Wildman–Crippen LogP) is 5.91. The van der Waals surface area contributed by atoms with Gasteiger partial charge in [0.15, 0.2) is 0 Å². The van der Waals surface area contributed by atoms with Crippen molar-refractivity contribution in [1.29, 1.82) is 0 Å². The fourth-order valence-electron chi connectivity index (χ4n) is 3.17. The maximum atomic E-state index is 10.7. The van der Waals surface area contributed by atoms with Crippen LogP contribution in [0.2, 0.25) is 0 Å². The summed E-state index contributed by atoms with van der Waals surface area (Å²) in [4.78, 5) is 3.57. The summed E-state index contributed by atoms with van der Waals surface area (Å²) in [5, 5.41) is 1.21. The molecule has 0 fully saturated rings. The number of hydrogen-bond acceptors (Lipinski definition) is 4. The van der Waals surface area contributed by atoms with Crippen molar-refractivity contribution >= 4 is 21.0 Å². The van der Waals surface area contributed by atoms with E-state index in [4.69, 9.17) is 22.4 Å². The number of para-hydroxylation sites is 1. The van der Waals surface area contributed by atoms with Gasteiger partial charge in [0.1, 0.15) is 11.5 Å². The molecule has 0 bridgehead atoms. The number of methoxy groups -OCH3 is 2. The number of fused-ring (bicyclic) bond motifs is 1. The molecule has 10 heteroatoms. The first-order valence-corrected chi connectivity index (χ1v) is 10.9. The van der Waals surface area contributed by atoms with Crippen LogP contribution in [0, 0.1) is 0 Å². The summed E-state index contributed by atoms with van der Waals surface area (Å²) in [6.07, 6.45) is 0. The third-order valence-electron chi connectivity index (χ3n) is 4.76. The molecule has 3 aromatic carbocycles. The van der Waals surface area contributed by atoms with Crippen LogP contribution in [0.3, 0.4) is 0 Å². The molecule has 0 saturated carbocycles. The van der Waals surface area contributed by atoms with E-state index in [1.807, 2.05) is 24.3 Å². The first-order chi connectivity index (χ1) is 15.5. The number of hydrogen-bond donors (Lipinski definition) is 2. The largest absolute Gasteiger partial charge is 0.522 e. The third-order valence-corrected chi connectivity index (χ3v) is 5.34. The molecule has 0 saturated heterocycles. The van der Waals surface area contributed by atoms with Gasteiger partial charge in [-0.1, -0.05) is 30.3 Å². The summed E-state index contributed by atoms with van der Waals surface area (Å²) >= 11 is 0. The highest BCUT2D eigenvalue weighted by molar-refractivity contribution is 7.86. The number of benzene rings is 3. The lowest BCUT2D eigenvalue weighted by Crippen LogP contribution is -2.21. The Morgan fingerprint density at radius 2 is 1.24 bits per heavy atom. The Labute approximate surface area is 188 Å². The molecule has 0 atom stereocenters. The van der Waals surface area contributed by atoms with Crippen LogP contribution in [0.1, 0.15) is 0 Å². The summed E-state index contributed by atoms with van der Waals surface area (Å²) in [5.41, 5.74) is 0.177. The Morgan fingerprint density at radius 3 is 1.70 bits per heavy atom. The van der Waals surface area contributed by atoms with Crippen molar-refractivity contribution in [3.63, 3.8) is 0 Å². The lowest BCUT2D eigenvalue weighted by molar-refractivity contribution is -0.0510. The number of aromatic nitrogens is 1. The van der Waals surface area contributed by atoms with Crippen molar-refractivity contribution in [2.45, 2.75) is 5.51 Å². The Bertz CT molecular complexity index is 1330. The number of ether oxygens (including phenoxy) is 2. The van der Waals surface area contributed by atoms with Crippen LogP contribution in [0.15, 0.2) is 72.8 Å². The van der Waals surface area contributed by atoms with Gasteiger partial charge in [0.25, 0.3) is 0 Å². The highest BCUT2D eigenvalue weighted by Gasteiger charge is 2.44. The van der Waals surface area contributed by atoms with E-state index in [-0.39, 0.29) is 0 Å². The van der Waals surface area contributed by atoms with E-state index < -0.39 is 15.6 Å². The smallest absolute Gasteiger partial charge is 0.497 e. The van der Waals surface area contributed by atoms with Crippen LogP contribution in [0.5, 0.6) is 11.5 Å². The highest BCUT2D eigenvalue weighted by Crippen LogP contribution is 2.39. The van der Waals surface area contributed by atoms with E-state index in [0.29, 0.717) is 0 Å². The van der Waals surface area contributed by atoms with Gasteiger partial charge < -0.3 is 14.5 Å². The van der Waals surface area contributed by atoms with Crippen molar-refractivity contribution in [2.24, 2.45) is 0 Å². The topological polar surface area (TPSA) is 88.6 Å². The van der Waals surface area contributed by atoms with Gasteiger partial charge in [-0.15, -0.1) is 0 Å². The number of rotatable bonds is 4. The van der Waals surface area contributed by atoms with Gasteiger partial charge in [-0.2, -0.15) is 21.6 Å². The first kappa shape index (κ1) is 24.1. The minimum absolute atomic E-state index is 0.853. The molecule has 33 heavy (non-hydrogen) atoms. The standard InChI is InChI=1S/C22H19NO2.CHF3O3S/c1-24-17-11-7-15(8-12-17)21-19-5-3-4-6-20(19)23-22(21)16-9-13-18(25-2)14-10-16;2-1(3,4)8(5,6)7/h3-14,23H,1-2H3;(H,5,6,7). The van der Waals surface area contributed by atoms with E-state index in [0.717, 1.165) is 33.8 Å². The van der Waals surface area contributed by atoms with Gasteiger partial charge in [-0.25, -0.2) is 0 Å². The normalized spacial score (nSPS) is 11.6. The maximum absolute atomic E-state index is 10.7. The molecule has 0 aliphatic carbocycles. The first-order valence-electron chi connectivity index (χ1n) is 9.48. The second kappa shape index (κ2) is 9.55. The molecule has 0 aliphatic rings. The summed E-state index contributed by atoms with van der Waals surface area (Å²) in [6.45, 7) is 0. The number of H-pyrrole nitrogens is 1. The lowest BCUT2D eigenvalue weighted by Gasteiger charge is -2.08. The number of halogens is 3. The molecule has 0 spiro atoms. The van der Waals surface area contributed by atoms with Gasteiger partial charge in [0.05, 0.1) is 19.9 Å². The fourth-order valence-corrected chi connectivity index (χ4v) is 3.17. The Kier molecular flexibility index (Phi) is 6.99. The zero-order chi connectivity index (χ0) is 24.2. The second-order valence-corrected chi connectivity index (χ2v) is 8.21. The van der Waals surface area contributed by atoms with E-state index in [9.17, 15) is 13.2 Å². The van der Waals surface area contributed by atoms with E-state index in [2.05, 4.69) is 53.5 Å². The molecule has 4 aromatic rings. The number of aromatic amines is 1. The zero-order valence-electron chi connectivity index (χ0n) is 17.6. The van der Waals surface area contributed by atoms with Gasteiger partial charge in [0.2, 0.25) is 0 Å². The van der Waals surface area contributed by atoms with Crippen LogP contribution in [0.25, 0.3) is 33.3 Å². The molecule has 4 rings (SSSR count). The Balaban J connectivity index is 0.000000331. The molecule has 174 valence electrons. The van der Waals surface area contributed by atoms with Gasteiger partial charge in [-0.05, 0) is 53.6 Å². The van der Waals surface area contributed by atoms with Crippen LogP contribution < -0.4 is 9.47 Å². The summed E-state index contributed by atoms with van der Waals surface area (Å²) < 4.78 is 68.1. The van der Waals surface area contributed by atoms with Crippen molar-refractivity contribution in [3.05, 3.63) is 72.8 Å². The molecule has 0 aliphatic heterocycles. The van der Waals surface area contributed by atoms with E-state index >= 15 is 0 Å². The van der Waals surface area contributed by atoms with Crippen LogP contribution in [0.4, 0.5) is 13.2 Å². The lowest BCUT2D eigenvalue weighted by atomic mass is 9.98. The highest BCUT2D eigenvalue weighted by atomic mass is 32.2. The molecule has 1 aromatic heterocycles. The average Bonchev–Trinajstić information content (AvgIpc) is 3.18. The van der Waals surface area contributed by atoms with Gasteiger partial charge >= 0.3 is 15.6 Å². The average molecular weight is 479 g/mol. The molecule has 2 N–H and O–H groups in total. The summed E-state index contributed by atoms with van der Waals surface area (Å²) in [6, 6.07) is 24.7. The van der Waals surface area contributed by atoms with Gasteiger partial charge in [0, 0.05) is 16.5 Å². The monoisotopic (exact) mass is 479 g/mol. The second-order valence-electron chi connectivity index (χ2n) is 6.80. The number of nitrogens with one attached hydrogen (secondary N) is 1. The Morgan fingerprint density at radius 1 is 0.788 bits per heavy atom. The summed E-state index contributed by atoms with van der Waals surface area (Å²) in [7, 11) is -2.47. The minimum atomic E-state index is -5.84. The van der Waals surface area contributed by atoms with Crippen LogP contribution in [-0.2, 0) is 10.1 Å². The minimum Gasteiger partial charge on any atom is -0.497 e. The molecule has 0 radical (unpaired) electrons. The zero-order valence-corrected chi connectivity index (χ0v) is 18.4. The molecule has 6 nitrogen and oxygen atoms in total. The van der Waals surface area contributed by atoms with Crippen LogP contribution in [-0.4, -0.2) is 37.7 Å². The fraction of sp³-hybridized carbons (Fsp3) is 0.130. The molecule has 0 unspecified atom stereocenters. The van der Waals surface area contributed by atoms with E-state index in [1.165, 1.54) is 10.9 Å². The predicted molar refractivity (Wildman–Crippen MR) is 120 cm³/mol. The van der Waals surface area contributed by atoms with Crippen molar-refractivity contribution in [3.8, 4) is 33.9 Å². The SMILES string of the molecule is COc1ccc(-c2[nH]c3ccccc3c2-c2ccc(OC)cc2)cc1.O=S(=O)(O)C(F)(F)F. The summed E-state index contributed by atoms with van der Waals surface area (Å²) in [5.74, 6) is 1.71. The van der Waals surface area contributed by atoms with Crippen LogP contribution >= 0.6 is 0 Å².